The third kappa shape index (κ3) is 4.58. The first-order valence-electron chi connectivity index (χ1n) is 8.75. The van der Waals surface area contributed by atoms with Crippen LogP contribution in [0.15, 0.2) is 17.1 Å². The van der Waals surface area contributed by atoms with Crippen LogP contribution in [0.1, 0.15) is 72.1 Å². The Bertz CT molecular complexity index is 334. The summed E-state index contributed by atoms with van der Waals surface area (Å²) < 4.78 is 0. The predicted octanol–water partition coefficient (Wildman–Crippen LogP) is 6.17. The van der Waals surface area contributed by atoms with Crippen LogP contribution in [0.2, 0.25) is 18.1 Å². The summed E-state index contributed by atoms with van der Waals surface area (Å²) in [4.78, 5) is 5.12. The highest BCUT2D eigenvalue weighted by Crippen LogP contribution is 2.37. The summed E-state index contributed by atoms with van der Waals surface area (Å²) in [5, 5.41) is 1.62. The van der Waals surface area contributed by atoms with Gasteiger partial charge in [0.25, 0.3) is 0 Å². The standard InChI is InChI=1S/C18H35NSi/c1-6-17(16(3)4)20(5,7-2)18-14-12-10-8-9-11-13-15-19-18/h17H,3,6-15H2,1-2,4-5H3. The Kier molecular flexibility index (Phi) is 7.79. The van der Waals surface area contributed by atoms with Crippen molar-refractivity contribution in [1.82, 2.24) is 0 Å². The molecule has 0 N–H and O–H groups in total. The Hall–Kier alpha value is -0.373. The van der Waals surface area contributed by atoms with Crippen LogP contribution in [0, 0.1) is 0 Å². The molecule has 2 atom stereocenters. The fourth-order valence-electron chi connectivity index (χ4n) is 3.86. The summed E-state index contributed by atoms with van der Waals surface area (Å²) >= 11 is 0. The highest BCUT2D eigenvalue weighted by atomic mass is 28.3. The number of hydrogen-bond acceptors (Lipinski definition) is 1. The highest BCUT2D eigenvalue weighted by Gasteiger charge is 2.38. The first-order valence-corrected chi connectivity index (χ1v) is 11.5. The molecular weight excluding hydrogens is 258 g/mol. The van der Waals surface area contributed by atoms with Crippen LogP contribution in [0.3, 0.4) is 0 Å². The fraction of sp³-hybridized carbons (Fsp3) is 0.833. The molecule has 0 amide bonds. The van der Waals surface area contributed by atoms with E-state index in [4.69, 9.17) is 4.99 Å². The van der Waals surface area contributed by atoms with Gasteiger partial charge < -0.3 is 0 Å². The van der Waals surface area contributed by atoms with E-state index >= 15 is 0 Å². The zero-order valence-electron chi connectivity index (χ0n) is 14.3. The summed E-state index contributed by atoms with van der Waals surface area (Å²) in [6, 6.07) is 1.32. The zero-order chi connectivity index (χ0) is 15.0. The van der Waals surface area contributed by atoms with Gasteiger partial charge in [0.1, 0.15) is 8.07 Å². The van der Waals surface area contributed by atoms with Crippen molar-refractivity contribution in [1.29, 1.82) is 0 Å². The van der Waals surface area contributed by atoms with Crippen molar-refractivity contribution in [2.45, 2.75) is 90.3 Å². The van der Waals surface area contributed by atoms with E-state index in [-0.39, 0.29) is 0 Å². The van der Waals surface area contributed by atoms with E-state index in [1.54, 1.807) is 5.33 Å². The molecule has 1 aliphatic rings. The molecule has 1 nitrogen and oxygen atoms in total. The molecule has 2 unspecified atom stereocenters. The minimum Gasteiger partial charge on any atom is -0.299 e. The first-order chi connectivity index (χ1) is 9.56. The Balaban J connectivity index is 2.97. The molecule has 116 valence electrons. The third-order valence-corrected chi connectivity index (χ3v) is 10.9. The number of nitrogens with zero attached hydrogens (tertiary/aromatic N) is 1. The van der Waals surface area contributed by atoms with Crippen molar-refractivity contribution in [3.05, 3.63) is 12.2 Å². The van der Waals surface area contributed by atoms with Gasteiger partial charge in [-0.2, -0.15) is 0 Å². The van der Waals surface area contributed by atoms with E-state index in [0.717, 1.165) is 6.54 Å². The van der Waals surface area contributed by atoms with Gasteiger partial charge >= 0.3 is 0 Å². The van der Waals surface area contributed by atoms with Gasteiger partial charge in [0.05, 0.1) is 0 Å². The van der Waals surface area contributed by atoms with Gasteiger partial charge in [-0.3, -0.25) is 4.99 Å². The van der Waals surface area contributed by atoms with E-state index in [1.165, 1.54) is 63.0 Å². The molecule has 1 aliphatic heterocycles. The maximum atomic E-state index is 5.12. The molecule has 0 bridgehead atoms. The Labute approximate surface area is 128 Å². The van der Waals surface area contributed by atoms with Gasteiger partial charge in [0, 0.05) is 6.54 Å². The molecule has 0 saturated heterocycles. The Morgan fingerprint density at radius 2 is 1.75 bits per heavy atom. The maximum Gasteiger partial charge on any atom is 0.108 e. The van der Waals surface area contributed by atoms with Gasteiger partial charge in [0.2, 0.25) is 0 Å². The van der Waals surface area contributed by atoms with E-state index in [9.17, 15) is 0 Å². The SMILES string of the molecule is C=C(C)C(CC)[Si](C)(CC)C1=NCCCCCCCC1. The van der Waals surface area contributed by atoms with Crippen molar-refractivity contribution in [2.24, 2.45) is 4.99 Å². The van der Waals surface area contributed by atoms with Gasteiger partial charge in [-0.15, -0.1) is 6.58 Å². The van der Waals surface area contributed by atoms with E-state index in [2.05, 4.69) is 33.9 Å². The molecule has 0 fully saturated rings. The molecule has 0 spiro atoms. The van der Waals surface area contributed by atoms with E-state index < -0.39 is 8.07 Å². The molecule has 0 aromatic heterocycles. The molecule has 1 rings (SSSR count). The summed E-state index contributed by atoms with van der Waals surface area (Å²) in [7, 11) is -1.46. The van der Waals surface area contributed by atoms with Crippen LogP contribution in [0.5, 0.6) is 0 Å². The topological polar surface area (TPSA) is 12.4 Å². The van der Waals surface area contributed by atoms with Gasteiger partial charge in [-0.25, -0.2) is 0 Å². The Morgan fingerprint density at radius 3 is 2.30 bits per heavy atom. The lowest BCUT2D eigenvalue weighted by Gasteiger charge is -2.37. The first kappa shape index (κ1) is 17.7. The second kappa shape index (κ2) is 8.81. The largest absolute Gasteiger partial charge is 0.299 e. The molecule has 0 saturated carbocycles. The zero-order valence-corrected chi connectivity index (χ0v) is 15.3. The average molecular weight is 294 g/mol. The van der Waals surface area contributed by atoms with Crippen LogP contribution in [-0.4, -0.2) is 20.0 Å². The van der Waals surface area contributed by atoms with Crippen LogP contribution in [0.4, 0.5) is 0 Å². The summed E-state index contributed by atoms with van der Waals surface area (Å²) in [5.74, 6) is 0. The normalized spacial score (nSPS) is 22.5. The minimum atomic E-state index is -1.46. The van der Waals surface area contributed by atoms with Crippen molar-refractivity contribution < 1.29 is 0 Å². The van der Waals surface area contributed by atoms with E-state index in [0.29, 0.717) is 5.54 Å². The van der Waals surface area contributed by atoms with Crippen LogP contribution < -0.4 is 0 Å². The Morgan fingerprint density at radius 1 is 1.15 bits per heavy atom. The molecule has 2 heteroatoms. The number of aliphatic imine (C=N–C) groups is 1. The quantitative estimate of drug-likeness (QED) is 0.425. The highest BCUT2D eigenvalue weighted by molar-refractivity contribution is 7.07. The molecule has 0 aliphatic carbocycles. The molecule has 20 heavy (non-hydrogen) atoms. The van der Waals surface area contributed by atoms with Crippen LogP contribution >= 0.6 is 0 Å². The van der Waals surface area contributed by atoms with Crippen molar-refractivity contribution in [3.8, 4) is 0 Å². The van der Waals surface area contributed by atoms with Gasteiger partial charge in [-0.1, -0.05) is 64.1 Å². The number of hydrogen-bond donors (Lipinski definition) is 0. The summed E-state index contributed by atoms with van der Waals surface area (Å²) in [5.41, 5.74) is 2.11. The van der Waals surface area contributed by atoms with E-state index in [1.807, 2.05) is 0 Å². The molecular formula is C18H35NSi. The lowest BCUT2D eigenvalue weighted by molar-refractivity contribution is 0.597. The fourth-order valence-corrected chi connectivity index (χ4v) is 8.38. The molecule has 0 aromatic rings. The monoisotopic (exact) mass is 293 g/mol. The smallest absolute Gasteiger partial charge is 0.108 e. The van der Waals surface area contributed by atoms with Gasteiger partial charge in [-0.05, 0) is 37.1 Å². The second-order valence-corrected chi connectivity index (χ2v) is 11.6. The lowest BCUT2D eigenvalue weighted by Crippen LogP contribution is -2.45. The summed E-state index contributed by atoms with van der Waals surface area (Å²) in [6.07, 6.45) is 10.8. The second-order valence-electron chi connectivity index (χ2n) is 6.78. The van der Waals surface area contributed by atoms with Crippen LogP contribution in [-0.2, 0) is 0 Å². The number of rotatable bonds is 5. The lowest BCUT2D eigenvalue weighted by atomic mass is 10.1. The van der Waals surface area contributed by atoms with Crippen molar-refractivity contribution >= 4 is 13.4 Å². The minimum absolute atomic E-state index is 0.717. The predicted molar refractivity (Wildman–Crippen MR) is 95.6 cm³/mol. The number of allylic oxidation sites excluding steroid dienone is 1. The molecule has 0 aromatic carbocycles. The van der Waals surface area contributed by atoms with Crippen LogP contribution in [0.25, 0.3) is 0 Å². The van der Waals surface area contributed by atoms with Gasteiger partial charge in [0.15, 0.2) is 0 Å². The molecule has 1 heterocycles. The third-order valence-electron chi connectivity index (χ3n) is 5.29. The maximum absolute atomic E-state index is 5.12. The molecule has 0 radical (unpaired) electrons. The average Bonchev–Trinajstić information content (AvgIpc) is 2.44. The van der Waals surface area contributed by atoms with Crippen molar-refractivity contribution in [3.63, 3.8) is 0 Å². The summed E-state index contributed by atoms with van der Waals surface area (Å²) in [6.45, 7) is 14.9. The van der Waals surface area contributed by atoms with Crippen molar-refractivity contribution in [2.75, 3.05) is 6.54 Å².